The van der Waals surface area contributed by atoms with Gasteiger partial charge in [-0.15, -0.1) is 0 Å². The highest BCUT2D eigenvalue weighted by Gasteiger charge is 2.21. The highest BCUT2D eigenvalue weighted by Crippen LogP contribution is 2.34. The summed E-state index contributed by atoms with van der Waals surface area (Å²) in [5, 5.41) is 4.34. The van der Waals surface area contributed by atoms with Crippen molar-refractivity contribution in [2.45, 2.75) is 40.4 Å². The molecule has 0 unspecified atom stereocenters. The van der Waals surface area contributed by atoms with Crippen molar-refractivity contribution < 1.29 is 33.0 Å². The van der Waals surface area contributed by atoms with Gasteiger partial charge in [0.1, 0.15) is 18.1 Å². The number of halogens is 1. The number of carbonyl (C=O) groups is 2. The van der Waals surface area contributed by atoms with Crippen LogP contribution in [-0.2, 0) is 16.1 Å². The Balaban J connectivity index is 1.37. The maximum absolute atomic E-state index is 12.6. The van der Waals surface area contributed by atoms with Gasteiger partial charge in [-0.1, -0.05) is 11.6 Å². The van der Waals surface area contributed by atoms with Crippen molar-refractivity contribution in [3.05, 3.63) is 94.2 Å². The number of benzene rings is 2. The Morgan fingerprint density at radius 3 is 2.45 bits per heavy atom. The molecule has 0 aliphatic rings. The van der Waals surface area contributed by atoms with Crippen molar-refractivity contribution in [1.82, 2.24) is 9.99 Å². The summed E-state index contributed by atoms with van der Waals surface area (Å²) in [7, 11) is 1.44. The summed E-state index contributed by atoms with van der Waals surface area (Å²) in [6, 6.07) is 18.2. The SMILES string of the molecule is CCOC(=O)[C@H](C)Oc1c(C=NNC(=O)c2ccc(COc3ccc(-n4c(C)ccc4C)cc3)o2)cc(Cl)cc1OC. The Hall–Kier alpha value is -4.70. The van der Waals surface area contributed by atoms with Gasteiger partial charge in [0, 0.05) is 33.7 Å². The molecule has 0 aliphatic heterocycles. The predicted molar refractivity (Wildman–Crippen MR) is 158 cm³/mol. The average Bonchev–Trinajstić information content (AvgIpc) is 3.59. The van der Waals surface area contributed by atoms with Crippen LogP contribution in [0.15, 0.2) is 70.2 Å². The van der Waals surface area contributed by atoms with Crippen molar-refractivity contribution in [2.24, 2.45) is 5.10 Å². The van der Waals surface area contributed by atoms with Crippen LogP contribution in [0.25, 0.3) is 5.69 Å². The van der Waals surface area contributed by atoms with Crippen LogP contribution in [0.2, 0.25) is 5.02 Å². The van der Waals surface area contributed by atoms with E-state index in [2.05, 4.69) is 41.1 Å². The van der Waals surface area contributed by atoms with Gasteiger partial charge in [0.25, 0.3) is 0 Å². The normalized spacial score (nSPS) is 11.8. The number of esters is 1. The lowest BCUT2D eigenvalue weighted by molar-refractivity contribution is -0.150. The second-order valence-corrected chi connectivity index (χ2v) is 9.67. The molecule has 2 aromatic carbocycles. The number of amides is 1. The molecule has 4 rings (SSSR count). The standard InChI is InChI=1S/C31H32ClN3O7/c1-6-39-31(37)21(4)41-29-22(15-23(32)16-28(29)38-5)17-33-34-30(36)27-14-13-26(42-27)18-40-25-11-9-24(10-12-25)35-19(2)7-8-20(35)3/h7-17,21H,6,18H2,1-5H3,(H,34,36)/t21-/m0/s1. The van der Waals surface area contributed by atoms with Crippen LogP contribution in [0.4, 0.5) is 0 Å². The topological polar surface area (TPSA) is 114 Å². The molecule has 1 N–H and O–H groups in total. The van der Waals surface area contributed by atoms with Gasteiger partial charge in [0.2, 0.25) is 0 Å². The Morgan fingerprint density at radius 2 is 1.79 bits per heavy atom. The fraction of sp³-hybridized carbons (Fsp3) is 0.258. The fourth-order valence-corrected chi connectivity index (χ4v) is 4.38. The van der Waals surface area contributed by atoms with E-state index in [4.69, 9.17) is 35.0 Å². The van der Waals surface area contributed by atoms with Gasteiger partial charge in [-0.2, -0.15) is 5.10 Å². The molecule has 0 bridgehead atoms. The first-order chi connectivity index (χ1) is 20.2. The molecule has 0 saturated heterocycles. The first-order valence-corrected chi connectivity index (χ1v) is 13.6. The number of carbonyl (C=O) groups excluding carboxylic acids is 2. The van der Waals surface area contributed by atoms with Crippen LogP contribution < -0.4 is 19.6 Å². The summed E-state index contributed by atoms with van der Waals surface area (Å²) in [4.78, 5) is 24.7. The molecule has 4 aromatic rings. The second kappa shape index (κ2) is 13.8. The molecular formula is C31H32ClN3O7. The zero-order valence-electron chi connectivity index (χ0n) is 24.0. The molecule has 0 spiro atoms. The molecule has 2 heterocycles. The number of ether oxygens (including phenoxy) is 4. The van der Waals surface area contributed by atoms with E-state index < -0.39 is 18.0 Å². The number of rotatable bonds is 12. The Morgan fingerprint density at radius 1 is 1.07 bits per heavy atom. The molecule has 220 valence electrons. The third-order valence-corrected chi connectivity index (χ3v) is 6.40. The third kappa shape index (κ3) is 7.32. The lowest BCUT2D eigenvalue weighted by atomic mass is 10.2. The van der Waals surface area contributed by atoms with Gasteiger partial charge < -0.3 is 27.9 Å². The van der Waals surface area contributed by atoms with Crippen LogP contribution >= 0.6 is 11.6 Å². The lowest BCUT2D eigenvalue weighted by Crippen LogP contribution is -2.26. The Labute approximate surface area is 248 Å². The summed E-state index contributed by atoms with van der Waals surface area (Å²) in [5.41, 5.74) is 6.12. The molecule has 0 saturated carbocycles. The number of nitrogens with zero attached hydrogens (tertiary/aromatic N) is 2. The molecule has 2 aromatic heterocycles. The molecule has 10 nitrogen and oxygen atoms in total. The van der Waals surface area contributed by atoms with E-state index in [1.54, 1.807) is 26.0 Å². The molecule has 42 heavy (non-hydrogen) atoms. The number of furan rings is 1. The number of hydrogen-bond acceptors (Lipinski definition) is 8. The van der Waals surface area contributed by atoms with E-state index in [0.29, 0.717) is 22.1 Å². The number of hydrazone groups is 1. The first kappa shape index (κ1) is 30.3. The number of aromatic nitrogens is 1. The summed E-state index contributed by atoms with van der Waals surface area (Å²) >= 11 is 6.20. The van der Waals surface area contributed by atoms with Gasteiger partial charge in [-0.05, 0) is 82.3 Å². The second-order valence-electron chi connectivity index (χ2n) is 9.24. The molecule has 1 atom stereocenters. The van der Waals surface area contributed by atoms with Gasteiger partial charge in [0.05, 0.1) is 19.9 Å². The van der Waals surface area contributed by atoms with E-state index in [1.165, 1.54) is 25.5 Å². The van der Waals surface area contributed by atoms with Crippen molar-refractivity contribution >= 4 is 29.7 Å². The average molecular weight is 594 g/mol. The molecular weight excluding hydrogens is 562 g/mol. The molecule has 0 radical (unpaired) electrons. The van der Waals surface area contributed by atoms with Crippen LogP contribution in [0, 0.1) is 13.8 Å². The minimum absolute atomic E-state index is 0.0516. The highest BCUT2D eigenvalue weighted by molar-refractivity contribution is 6.31. The number of aryl methyl sites for hydroxylation is 2. The van der Waals surface area contributed by atoms with Crippen LogP contribution in [0.1, 0.15) is 47.1 Å². The number of methoxy groups -OCH3 is 1. The van der Waals surface area contributed by atoms with Crippen molar-refractivity contribution in [3.63, 3.8) is 0 Å². The number of nitrogens with one attached hydrogen (secondary N) is 1. The molecule has 0 fully saturated rings. The van der Waals surface area contributed by atoms with Crippen molar-refractivity contribution in [1.29, 1.82) is 0 Å². The van der Waals surface area contributed by atoms with Gasteiger partial charge in [0.15, 0.2) is 23.4 Å². The van der Waals surface area contributed by atoms with Crippen LogP contribution in [-0.4, -0.2) is 42.5 Å². The minimum Gasteiger partial charge on any atom is -0.493 e. The van der Waals surface area contributed by atoms with Crippen LogP contribution in [0.3, 0.4) is 0 Å². The van der Waals surface area contributed by atoms with E-state index >= 15 is 0 Å². The van der Waals surface area contributed by atoms with Gasteiger partial charge in [-0.3, -0.25) is 4.79 Å². The van der Waals surface area contributed by atoms with Crippen LogP contribution in [0.5, 0.6) is 17.2 Å². The number of hydrogen-bond donors (Lipinski definition) is 1. The predicted octanol–water partition coefficient (Wildman–Crippen LogP) is 6.02. The fourth-order valence-electron chi connectivity index (χ4n) is 4.16. The minimum atomic E-state index is -0.920. The smallest absolute Gasteiger partial charge is 0.347 e. The molecule has 0 aliphatic carbocycles. The quantitative estimate of drug-likeness (QED) is 0.121. The summed E-state index contributed by atoms with van der Waals surface area (Å²) in [6.45, 7) is 7.72. The van der Waals surface area contributed by atoms with Gasteiger partial charge >= 0.3 is 11.9 Å². The summed E-state index contributed by atoms with van der Waals surface area (Å²) < 4.78 is 29.8. The molecule has 11 heteroatoms. The van der Waals surface area contributed by atoms with E-state index in [9.17, 15) is 9.59 Å². The van der Waals surface area contributed by atoms with E-state index in [-0.39, 0.29) is 30.5 Å². The third-order valence-electron chi connectivity index (χ3n) is 6.18. The van der Waals surface area contributed by atoms with Crippen molar-refractivity contribution in [3.8, 4) is 22.9 Å². The monoisotopic (exact) mass is 593 g/mol. The lowest BCUT2D eigenvalue weighted by Gasteiger charge is -2.18. The van der Waals surface area contributed by atoms with Gasteiger partial charge in [-0.25, -0.2) is 10.2 Å². The maximum Gasteiger partial charge on any atom is 0.347 e. The summed E-state index contributed by atoms with van der Waals surface area (Å²) in [6.07, 6.45) is 0.406. The van der Waals surface area contributed by atoms with Crippen molar-refractivity contribution in [2.75, 3.05) is 13.7 Å². The largest absolute Gasteiger partial charge is 0.493 e. The Bertz CT molecular complexity index is 1550. The highest BCUT2D eigenvalue weighted by atomic mass is 35.5. The Kier molecular flexibility index (Phi) is 9.93. The zero-order valence-corrected chi connectivity index (χ0v) is 24.7. The van der Waals surface area contributed by atoms with E-state index in [0.717, 1.165) is 17.1 Å². The van der Waals surface area contributed by atoms with E-state index in [1.807, 2.05) is 24.3 Å². The molecule has 1 amide bonds. The first-order valence-electron chi connectivity index (χ1n) is 13.2. The maximum atomic E-state index is 12.6. The zero-order chi connectivity index (χ0) is 30.2. The summed E-state index contributed by atoms with van der Waals surface area (Å²) in [5.74, 6) is 0.569.